The van der Waals surface area contributed by atoms with Crippen molar-refractivity contribution in [1.29, 1.82) is 5.26 Å². The van der Waals surface area contributed by atoms with E-state index >= 15 is 0 Å². The summed E-state index contributed by atoms with van der Waals surface area (Å²) in [5, 5.41) is 16.3. The van der Waals surface area contributed by atoms with Crippen LogP contribution in [0, 0.1) is 17.2 Å². The molecular weight excluding hydrogens is 258 g/mol. The predicted molar refractivity (Wildman–Crippen MR) is 75.3 cm³/mol. The van der Waals surface area contributed by atoms with Gasteiger partial charge < -0.3 is 10.6 Å². The Morgan fingerprint density at radius 3 is 3.05 bits per heavy atom. The number of nitriles is 1. The van der Waals surface area contributed by atoms with Crippen molar-refractivity contribution in [3.63, 3.8) is 0 Å². The number of thiophene rings is 1. The van der Waals surface area contributed by atoms with Gasteiger partial charge in [0, 0.05) is 11.4 Å². The van der Waals surface area contributed by atoms with Crippen molar-refractivity contribution >= 4 is 22.2 Å². The van der Waals surface area contributed by atoms with E-state index in [0.29, 0.717) is 5.56 Å². The maximum absolute atomic E-state index is 12.2. The molecule has 1 aliphatic heterocycles. The van der Waals surface area contributed by atoms with E-state index in [1.54, 1.807) is 11.3 Å². The third kappa shape index (κ3) is 2.38. The van der Waals surface area contributed by atoms with Crippen LogP contribution in [0.4, 0.5) is 5.00 Å². The zero-order valence-corrected chi connectivity index (χ0v) is 11.6. The van der Waals surface area contributed by atoms with Gasteiger partial charge in [0.2, 0.25) is 5.91 Å². The summed E-state index contributed by atoms with van der Waals surface area (Å²) in [5.74, 6) is 0.0980. The van der Waals surface area contributed by atoms with E-state index in [-0.39, 0.29) is 11.8 Å². The average Bonchev–Trinajstić information content (AvgIpc) is 3.00. The van der Waals surface area contributed by atoms with E-state index in [1.165, 1.54) is 10.4 Å². The first kappa shape index (κ1) is 12.6. The summed E-state index contributed by atoms with van der Waals surface area (Å²) in [6.07, 6.45) is 5.15. The minimum atomic E-state index is 0.0391. The van der Waals surface area contributed by atoms with Crippen molar-refractivity contribution in [3.05, 3.63) is 16.0 Å². The van der Waals surface area contributed by atoms with Gasteiger partial charge in [0.25, 0.3) is 0 Å². The Bertz CT molecular complexity index is 538. The van der Waals surface area contributed by atoms with Crippen molar-refractivity contribution in [2.24, 2.45) is 5.92 Å². The van der Waals surface area contributed by atoms with Crippen LogP contribution >= 0.6 is 11.3 Å². The zero-order valence-electron chi connectivity index (χ0n) is 10.8. The second kappa shape index (κ2) is 5.32. The number of nitrogens with zero attached hydrogens (tertiary/aromatic N) is 1. The van der Waals surface area contributed by atoms with E-state index in [9.17, 15) is 10.1 Å². The third-order valence-corrected chi connectivity index (χ3v) is 5.14. The minimum absolute atomic E-state index is 0.0391. The molecule has 2 heterocycles. The second-order valence-electron chi connectivity index (χ2n) is 5.21. The Morgan fingerprint density at radius 2 is 2.32 bits per heavy atom. The number of carbonyl (C=O) groups excluding carboxylic acids is 1. The lowest BCUT2D eigenvalue weighted by molar-refractivity contribution is -0.120. The summed E-state index contributed by atoms with van der Waals surface area (Å²) in [7, 11) is 0. The number of nitrogens with one attached hydrogen (secondary N) is 2. The van der Waals surface area contributed by atoms with Crippen LogP contribution in [-0.4, -0.2) is 19.0 Å². The molecule has 100 valence electrons. The van der Waals surface area contributed by atoms with Crippen LogP contribution in [0.3, 0.4) is 0 Å². The fraction of sp³-hybridized carbons (Fsp3) is 0.571. The third-order valence-electron chi connectivity index (χ3n) is 3.94. The number of hydrogen-bond donors (Lipinski definition) is 2. The number of fused-ring (bicyclic) bond motifs is 1. The molecule has 1 aromatic heterocycles. The summed E-state index contributed by atoms with van der Waals surface area (Å²) in [6, 6.07) is 2.26. The molecule has 4 nitrogen and oxygen atoms in total. The fourth-order valence-corrected chi connectivity index (χ4v) is 4.14. The molecule has 1 aliphatic carbocycles. The molecule has 0 aromatic carbocycles. The van der Waals surface area contributed by atoms with Crippen LogP contribution in [0.25, 0.3) is 0 Å². The number of piperidine rings is 1. The van der Waals surface area contributed by atoms with Gasteiger partial charge in [0.05, 0.1) is 11.5 Å². The largest absolute Gasteiger partial charge is 0.316 e. The molecule has 3 rings (SSSR count). The first-order valence-electron chi connectivity index (χ1n) is 6.86. The fourth-order valence-electron chi connectivity index (χ4n) is 2.90. The van der Waals surface area contributed by atoms with Crippen LogP contribution in [0.5, 0.6) is 0 Å². The summed E-state index contributed by atoms with van der Waals surface area (Å²) < 4.78 is 0. The Hall–Kier alpha value is -1.38. The lowest BCUT2D eigenvalue weighted by Crippen LogP contribution is -2.37. The lowest BCUT2D eigenvalue weighted by atomic mass is 9.99. The topological polar surface area (TPSA) is 64.9 Å². The molecule has 1 saturated heterocycles. The second-order valence-corrected chi connectivity index (χ2v) is 6.31. The normalized spacial score (nSPS) is 21.7. The van der Waals surface area contributed by atoms with Crippen molar-refractivity contribution in [2.45, 2.75) is 32.1 Å². The van der Waals surface area contributed by atoms with E-state index in [1.807, 2.05) is 0 Å². The van der Waals surface area contributed by atoms with Gasteiger partial charge in [0.1, 0.15) is 11.1 Å². The SMILES string of the molecule is N#Cc1c(NC(=O)[C@H]2CCCNC2)sc2c1CCC2. The van der Waals surface area contributed by atoms with Crippen LogP contribution in [-0.2, 0) is 17.6 Å². The molecule has 0 saturated carbocycles. The predicted octanol–water partition coefficient (Wildman–Crippen LogP) is 2.05. The number of hydrogen-bond acceptors (Lipinski definition) is 4. The number of anilines is 1. The highest BCUT2D eigenvalue weighted by atomic mass is 32.1. The molecule has 0 unspecified atom stereocenters. The van der Waals surface area contributed by atoms with Gasteiger partial charge in [-0.25, -0.2) is 0 Å². The summed E-state index contributed by atoms with van der Waals surface area (Å²) in [5.41, 5.74) is 1.87. The Kier molecular flexibility index (Phi) is 3.54. The summed E-state index contributed by atoms with van der Waals surface area (Å²) in [6.45, 7) is 1.75. The molecule has 1 aromatic rings. The van der Waals surface area contributed by atoms with E-state index in [4.69, 9.17) is 0 Å². The monoisotopic (exact) mass is 275 g/mol. The minimum Gasteiger partial charge on any atom is -0.316 e. The van der Waals surface area contributed by atoms with Crippen LogP contribution in [0.1, 0.15) is 35.3 Å². The van der Waals surface area contributed by atoms with Crippen LogP contribution in [0.2, 0.25) is 0 Å². The summed E-state index contributed by atoms with van der Waals surface area (Å²) >= 11 is 1.59. The van der Waals surface area contributed by atoms with E-state index in [0.717, 1.165) is 50.2 Å². The van der Waals surface area contributed by atoms with Gasteiger partial charge >= 0.3 is 0 Å². The molecule has 2 aliphatic rings. The van der Waals surface area contributed by atoms with Gasteiger partial charge in [-0.2, -0.15) is 5.26 Å². The zero-order chi connectivity index (χ0) is 13.2. The van der Waals surface area contributed by atoms with Gasteiger partial charge in [-0.3, -0.25) is 4.79 Å². The Labute approximate surface area is 116 Å². The van der Waals surface area contributed by atoms with E-state index < -0.39 is 0 Å². The van der Waals surface area contributed by atoms with Crippen LogP contribution < -0.4 is 10.6 Å². The number of aryl methyl sites for hydroxylation is 1. The molecule has 5 heteroatoms. The lowest BCUT2D eigenvalue weighted by Gasteiger charge is -2.21. The van der Waals surface area contributed by atoms with Crippen molar-refractivity contribution < 1.29 is 4.79 Å². The van der Waals surface area contributed by atoms with Crippen molar-refractivity contribution in [3.8, 4) is 6.07 Å². The molecule has 2 N–H and O–H groups in total. The number of amides is 1. The molecule has 1 atom stereocenters. The summed E-state index contributed by atoms with van der Waals surface area (Å²) in [4.78, 5) is 13.5. The first-order chi connectivity index (χ1) is 9.29. The highest BCUT2D eigenvalue weighted by Crippen LogP contribution is 2.38. The highest BCUT2D eigenvalue weighted by molar-refractivity contribution is 7.16. The molecule has 0 bridgehead atoms. The smallest absolute Gasteiger partial charge is 0.229 e. The van der Waals surface area contributed by atoms with Gasteiger partial charge in [0.15, 0.2) is 0 Å². The standard InChI is InChI=1S/C14H17N3OS/c15-7-11-10-4-1-5-12(10)19-14(11)17-13(18)9-3-2-6-16-8-9/h9,16H,1-6,8H2,(H,17,18)/t9-/m0/s1. The molecule has 1 amide bonds. The maximum atomic E-state index is 12.2. The quantitative estimate of drug-likeness (QED) is 0.868. The molecule has 0 radical (unpaired) electrons. The van der Waals surface area contributed by atoms with Gasteiger partial charge in [-0.15, -0.1) is 11.3 Å². The maximum Gasteiger partial charge on any atom is 0.229 e. The van der Waals surface area contributed by atoms with Gasteiger partial charge in [-0.05, 0) is 44.2 Å². The van der Waals surface area contributed by atoms with E-state index in [2.05, 4.69) is 16.7 Å². The van der Waals surface area contributed by atoms with Crippen molar-refractivity contribution in [2.75, 3.05) is 18.4 Å². The molecule has 0 spiro atoms. The van der Waals surface area contributed by atoms with Crippen LogP contribution in [0.15, 0.2) is 0 Å². The average molecular weight is 275 g/mol. The van der Waals surface area contributed by atoms with Gasteiger partial charge in [-0.1, -0.05) is 0 Å². The Morgan fingerprint density at radius 1 is 1.42 bits per heavy atom. The highest BCUT2D eigenvalue weighted by Gasteiger charge is 2.26. The molecular formula is C14H17N3OS. The number of rotatable bonds is 2. The van der Waals surface area contributed by atoms with Crippen molar-refractivity contribution in [1.82, 2.24) is 5.32 Å². The Balaban J connectivity index is 1.76. The molecule has 1 fully saturated rings. The molecule has 19 heavy (non-hydrogen) atoms. The number of carbonyl (C=O) groups is 1. The first-order valence-corrected chi connectivity index (χ1v) is 7.67.